The quantitative estimate of drug-likeness (QED) is 0.359. The van der Waals surface area contributed by atoms with Crippen LogP contribution in [0.2, 0.25) is 0 Å². The minimum absolute atomic E-state index is 0.139. The Morgan fingerprint density at radius 2 is 1.46 bits per heavy atom. The summed E-state index contributed by atoms with van der Waals surface area (Å²) in [6.07, 6.45) is -19.4. The van der Waals surface area contributed by atoms with Crippen LogP contribution in [0.25, 0.3) is 0 Å². The molecule has 0 spiro atoms. The van der Waals surface area contributed by atoms with Crippen LogP contribution >= 0.6 is 0 Å². The molecule has 2 N–H and O–H groups in total. The molecule has 3 rings (SSSR count). The van der Waals surface area contributed by atoms with Crippen LogP contribution in [0.15, 0.2) is 36.4 Å². The van der Waals surface area contributed by atoms with E-state index in [0.717, 1.165) is 13.2 Å². The fourth-order valence-electron chi connectivity index (χ4n) is 4.66. The van der Waals surface area contributed by atoms with E-state index in [1.807, 2.05) is 0 Å². The average Bonchev–Trinajstić information content (AvgIpc) is 2.84. The van der Waals surface area contributed by atoms with E-state index in [4.69, 9.17) is 0 Å². The molecule has 2 atom stereocenters. The number of carbonyl (C=O) groups is 2. The first kappa shape index (κ1) is 31.8. The lowest BCUT2D eigenvalue weighted by Crippen LogP contribution is -2.60. The summed E-state index contributed by atoms with van der Waals surface area (Å²) in [6.45, 7) is 1.70. The van der Waals surface area contributed by atoms with Gasteiger partial charge in [0.25, 0.3) is 0 Å². The third kappa shape index (κ3) is 6.31. The Labute approximate surface area is 226 Å². The van der Waals surface area contributed by atoms with Gasteiger partial charge in [-0.3, -0.25) is 4.90 Å². The maximum absolute atomic E-state index is 13.6. The number of ether oxygens (including phenoxy) is 1. The first-order valence-electron chi connectivity index (χ1n) is 11.7. The van der Waals surface area contributed by atoms with Crippen molar-refractivity contribution in [2.75, 3.05) is 12.0 Å². The minimum atomic E-state index is -5.23. The van der Waals surface area contributed by atoms with Crippen LogP contribution in [0, 0.1) is 5.92 Å². The number of nitrogens with zero attached hydrogens (tertiary/aromatic N) is 2. The van der Waals surface area contributed by atoms with Crippen molar-refractivity contribution >= 4 is 17.9 Å². The van der Waals surface area contributed by atoms with Crippen molar-refractivity contribution in [3.63, 3.8) is 0 Å². The van der Waals surface area contributed by atoms with E-state index in [1.165, 1.54) is 13.8 Å². The molecule has 0 saturated carbocycles. The Kier molecular flexibility index (Phi) is 8.24. The van der Waals surface area contributed by atoms with Crippen LogP contribution in [-0.4, -0.2) is 40.1 Å². The number of aliphatic hydroxyl groups is 1. The summed E-state index contributed by atoms with van der Waals surface area (Å²) in [7, 11) is 0.816. The van der Waals surface area contributed by atoms with Gasteiger partial charge in [-0.25, -0.2) is 14.5 Å². The van der Waals surface area contributed by atoms with Crippen molar-refractivity contribution in [1.82, 2.24) is 4.90 Å². The highest BCUT2D eigenvalue weighted by atomic mass is 19.4. The zero-order chi connectivity index (χ0) is 31.3. The van der Waals surface area contributed by atoms with Gasteiger partial charge >= 0.3 is 30.7 Å². The van der Waals surface area contributed by atoms with Crippen LogP contribution in [-0.2, 0) is 29.8 Å². The Morgan fingerprint density at radius 3 is 1.88 bits per heavy atom. The second-order valence-corrected chi connectivity index (χ2v) is 9.65. The van der Waals surface area contributed by atoms with Crippen LogP contribution < -0.4 is 4.90 Å². The first-order valence-corrected chi connectivity index (χ1v) is 11.7. The molecule has 1 heterocycles. The summed E-state index contributed by atoms with van der Waals surface area (Å²) < 4.78 is 126. The van der Waals surface area contributed by atoms with Gasteiger partial charge in [0.05, 0.1) is 35.5 Å². The molecule has 0 aliphatic carbocycles. The number of hydrogen-bond donors (Lipinski definition) is 2. The van der Waals surface area contributed by atoms with Crippen LogP contribution in [0.4, 0.5) is 54.8 Å². The number of alkyl halides is 9. The number of fused-ring (bicyclic) bond motifs is 1. The number of methoxy groups -OCH3 is 1. The molecule has 2 amide bonds. The Bertz CT molecular complexity index is 1290. The fraction of sp³-hybridized carbons (Fsp3) is 0.440. The number of benzene rings is 2. The highest BCUT2D eigenvalue weighted by Crippen LogP contribution is 2.49. The first-order chi connectivity index (χ1) is 18.6. The van der Waals surface area contributed by atoms with Crippen molar-refractivity contribution < 1.29 is 64.1 Å². The number of amides is 2. The van der Waals surface area contributed by atoms with Crippen molar-refractivity contribution in [2.45, 2.75) is 57.1 Å². The molecule has 0 saturated heterocycles. The van der Waals surface area contributed by atoms with Gasteiger partial charge in [0, 0.05) is 18.9 Å². The van der Waals surface area contributed by atoms with Crippen LogP contribution in [0.1, 0.15) is 54.1 Å². The molecule has 2 unspecified atom stereocenters. The molecule has 1 aliphatic heterocycles. The third-order valence-electron chi connectivity index (χ3n) is 6.74. The molecular formula is C25H23F9N2O5. The molecule has 226 valence electrons. The summed E-state index contributed by atoms with van der Waals surface area (Å²) in [5.41, 5.74) is -8.74. The number of halogens is 9. The van der Waals surface area contributed by atoms with Gasteiger partial charge in [-0.05, 0) is 47.5 Å². The van der Waals surface area contributed by atoms with E-state index in [2.05, 4.69) is 4.74 Å². The molecule has 0 radical (unpaired) electrons. The van der Waals surface area contributed by atoms with Crippen molar-refractivity contribution in [1.29, 1.82) is 0 Å². The zero-order valence-corrected chi connectivity index (χ0v) is 21.4. The summed E-state index contributed by atoms with van der Waals surface area (Å²) in [5, 5.41) is 21.3. The fourth-order valence-corrected chi connectivity index (χ4v) is 4.66. The number of hydrogen-bond acceptors (Lipinski definition) is 4. The van der Waals surface area contributed by atoms with E-state index in [0.29, 0.717) is 34.1 Å². The smallest absolute Gasteiger partial charge is 0.416 e. The van der Waals surface area contributed by atoms with Gasteiger partial charge in [0.2, 0.25) is 0 Å². The summed E-state index contributed by atoms with van der Waals surface area (Å²) in [5.74, 6) is -0.957. The van der Waals surface area contributed by atoms with Gasteiger partial charge < -0.3 is 14.9 Å². The maximum Gasteiger partial charge on any atom is 0.416 e. The molecule has 2 aromatic rings. The standard InChI is InChI=1S/C25H23F9N2O5/c1-12(2)22(40)10-19(17-9-14(23(26,27)28)4-5-18(17)36(22)20(37)38)35(21(39)41-3)11-13-6-15(24(29,30)31)8-16(7-13)25(32,33)34/h4-9,12,19,40H,10-11H2,1-3H3,(H,37,38). The summed E-state index contributed by atoms with van der Waals surface area (Å²) in [4.78, 5) is 26.0. The number of carbonyl (C=O) groups excluding carboxylic acids is 1. The molecule has 0 bridgehead atoms. The molecule has 1 aliphatic rings. The van der Waals surface area contributed by atoms with Gasteiger partial charge in [0.1, 0.15) is 0 Å². The van der Waals surface area contributed by atoms with Gasteiger partial charge in [-0.1, -0.05) is 13.8 Å². The number of carboxylic acid groups (broad SMARTS) is 1. The molecular weight excluding hydrogens is 579 g/mol. The molecule has 0 aromatic heterocycles. The molecule has 2 aromatic carbocycles. The van der Waals surface area contributed by atoms with Crippen molar-refractivity contribution in [3.05, 3.63) is 64.2 Å². The Morgan fingerprint density at radius 1 is 0.951 bits per heavy atom. The monoisotopic (exact) mass is 602 g/mol. The second-order valence-electron chi connectivity index (χ2n) is 9.65. The SMILES string of the molecule is COC(=O)N(Cc1cc(C(F)(F)F)cc(C(F)(F)F)c1)C1CC(O)(C(C)C)N(C(=O)O)c2ccc(C(F)(F)F)cc21. The van der Waals surface area contributed by atoms with E-state index in [-0.39, 0.29) is 6.07 Å². The number of anilines is 1. The molecule has 41 heavy (non-hydrogen) atoms. The molecule has 0 fully saturated rings. The largest absolute Gasteiger partial charge is 0.465 e. The number of rotatable bonds is 4. The van der Waals surface area contributed by atoms with E-state index in [1.54, 1.807) is 0 Å². The van der Waals surface area contributed by atoms with Crippen molar-refractivity contribution in [3.8, 4) is 0 Å². The summed E-state index contributed by atoms with van der Waals surface area (Å²) in [6, 6.07) is 0.611. The molecule has 16 heteroatoms. The zero-order valence-electron chi connectivity index (χ0n) is 21.4. The lowest BCUT2D eigenvalue weighted by atomic mass is 9.81. The maximum atomic E-state index is 13.6. The Balaban J connectivity index is 2.30. The highest BCUT2D eigenvalue weighted by Gasteiger charge is 2.51. The van der Waals surface area contributed by atoms with Crippen molar-refractivity contribution in [2.24, 2.45) is 5.92 Å². The van der Waals surface area contributed by atoms with Gasteiger partial charge in [-0.15, -0.1) is 0 Å². The Hall–Kier alpha value is -3.69. The predicted molar refractivity (Wildman–Crippen MR) is 123 cm³/mol. The topological polar surface area (TPSA) is 90.3 Å². The van der Waals surface area contributed by atoms with E-state index >= 15 is 0 Å². The highest BCUT2D eigenvalue weighted by molar-refractivity contribution is 5.90. The average molecular weight is 602 g/mol. The van der Waals surface area contributed by atoms with E-state index < -0.39 is 94.9 Å². The van der Waals surface area contributed by atoms with Gasteiger partial charge in [0.15, 0.2) is 5.72 Å². The second kappa shape index (κ2) is 10.6. The summed E-state index contributed by atoms with van der Waals surface area (Å²) >= 11 is 0. The lowest BCUT2D eigenvalue weighted by molar-refractivity contribution is -0.143. The predicted octanol–water partition coefficient (Wildman–Crippen LogP) is 7.29. The normalized spacial score (nSPS) is 19.7. The van der Waals surface area contributed by atoms with Gasteiger partial charge in [-0.2, -0.15) is 39.5 Å². The lowest BCUT2D eigenvalue weighted by Gasteiger charge is -2.49. The minimum Gasteiger partial charge on any atom is -0.465 e. The third-order valence-corrected chi connectivity index (χ3v) is 6.74. The van der Waals surface area contributed by atoms with Crippen LogP contribution in [0.3, 0.4) is 0 Å². The van der Waals surface area contributed by atoms with Crippen LogP contribution in [0.5, 0.6) is 0 Å². The molecule has 7 nitrogen and oxygen atoms in total. The van der Waals surface area contributed by atoms with E-state index in [9.17, 15) is 59.3 Å².